The van der Waals surface area contributed by atoms with Gasteiger partial charge in [0.15, 0.2) is 0 Å². The van der Waals surface area contributed by atoms with Crippen LogP contribution in [0.1, 0.15) is 19.0 Å². The number of aromatic hydroxyl groups is 2. The number of hydrogen-bond donors (Lipinski definition) is 2. The van der Waals surface area contributed by atoms with Gasteiger partial charge in [0.2, 0.25) is 0 Å². The Labute approximate surface area is 135 Å². The Morgan fingerprint density at radius 2 is 1.39 bits per heavy atom. The van der Waals surface area contributed by atoms with Gasteiger partial charge in [-0.05, 0) is 55.0 Å². The molecule has 0 unspecified atom stereocenters. The van der Waals surface area contributed by atoms with Gasteiger partial charge in [-0.15, -0.1) is 0 Å². The molecule has 0 fully saturated rings. The maximum Gasteiger partial charge on any atom is 0.115 e. The summed E-state index contributed by atoms with van der Waals surface area (Å²) in [6, 6.07) is 13.9. The van der Waals surface area contributed by atoms with E-state index in [4.69, 9.17) is 4.98 Å². The van der Waals surface area contributed by atoms with Crippen LogP contribution in [0.15, 0.2) is 54.7 Å². The first-order valence-electron chi connectivity index (χ1n) is 7.62. The molecule has 0 saturated carbocycles. The molecule has 4 heteroatoms. The van der Waals surface area contributed by atoms with Crippen molar-refractivity contribution in [1.29, 1.82) is 0 Å². The lowest BCUT2D eigenvalue weighted by Crippen LogP contribution is -1.99. The van der Waals surface area contributed by atoms with Crippen LogP contribution in [0.5, 0.6) is 11.5 Å². The maximum atomic E-state index is 9.43. The predicted molar refractivity (Wildman–Crippen MR) is 90.2 cm³/mol. The van der Waals surface area contributed by atoms with Crippen molar-refractivity contribution in [2.75, 3.05) is 0 Å². The summed E-state index contributed by atoms with van der Waals surface area (Å²) in [4.78, 5) is 9.34. The van der Waals surface area contributed by atoms with Crippen LogP contribution in [0.25, 0.3) is 22.5 Å². The Bertz CT molecular complexity index is 797. The molecule has 4 nitrogen and oxygen atoms in total. The van der Waals surface area contributed by atoms with E-state index >= 15 is 0 Å². The minimum absolute atomic E-state index is 0.233. The third-order valence-corrected chi connectivity index (χ3v) is 3.64. The molecule has 0 amide bonds. The Kier molecular flexibility index (Phi) is 4.24. The fourth-order valence-corrected chi connectivity index (χ4v) is 2.47. The van der Waals surface area contributed by atoms with E-state index in [9.17, 15) is 10.2 Å². The minimum Gasteiger partial charge on any atom is -0.508 e. The van der Waals surface area contributed by atoms with Crippen LogP contribution in [0.4, 0.5) is 0 Å². The molecular weight excluding hydrogens is 288 g/mol. The minimum atomic E-state index is 0.233. The standard InChI is InChI=1S/C19H18N2O2/c1-2-3-17-19(14-6-10-16(23)11-7-14)20-12-18(21-17)13-4-8-15(22)9-5-13/h4-12,22-23H,2-3H2,1H3. The van der Waals surface area contributed by atoms with Crippen molar-refractivity contribution in [3.63, 3.8) is 0 Å². The first kappa shape index (κ1) is 15.0. The van der Waals surface area contributed by atoms with Crippen molar-refractivity contribution in [1.82, 2.24) is 9.97 Å². The first-order chi connectivity index (χ1) is 11.2. The second-order valence-electron chi connectivity index (χ2n) is 5.39. The number of phenolic OH excluding ortho intramolecular Hbond substituents is 2. The van der Waals surface area contributed by atoms with E-state index < -0.39 is 0 Å². The molecule has 2 N–H and O–H groups in total. The molecule has 0 spiro atoms. The van der Waals surface area contributed by atoms with Crippen molar-refractivity contribution in [2.45, 2.75) is 19.8 Å². The fourth-order valence-electron chi connectivity index (χ4n) is 2.47. The highest BCUT2D eigenvalue weighted by atomic mass is 16.3. The van der Waals surface area contributed by atoms with Gasteiger partial charge < -0.3 is 10.2 Å². The zero-order valence-electron chi connectivity index (χ0n) is 12.9. The third kappa shape index (κ3) is 3.31. The Morgan fingerprint density at radius 3 is 1.96 bits per heavy atom. The average Bonchev–Trinajstić information content (AvgIpc) is 2.57. The molecule has 0 atom stereocenters. The van der Waals surface area contributed by atoms with Crippen molar-refractivity contribution >= 4 is 0 Å². The molecule has 0 aliphatic rings. The molecule has 3 aromatic rings. The van der Waals surface area contributed by atoms with Gasteiger partial charge in [0.1, 0.15) is 11.5 Å². The van der Waals surface area contributed by atoms with Gasteiger partial charge in [0.25, 0.3) is 0 Å². The van der Waals surface area contributed by atoms with Crippen LogP contribution >= 0.6 is 0 Å². The summed E-state index contributed by atoms with van der Waals surface area (Å²) in [7, 11) is 0. The van der Waals surface area contributed by atoms with Gasteiger partial charge in [-0.1, -0.05) is 13.3 Å². The summed E-state index contributed by atoms with van der Waals surface area (Å²) in [5.74, 6) is 0.468. The van der Waals surface area contributed by atoms with Crippen LogP contribution in [0, 0.1) is 0 Å². The average molecular weight is 306 g/mol. The van der Waals surface area contributed by atoms with Gasteiger partial charge in [-0.2, -0.15) is 0 Å². The summed E-state index contributed by atoms with van der Waals surface area (Å²) in [5.41, 5.74) is 4.43. The lowest BCUT2D eigenvalue weighted by molar-refractivity contribution is 0.475. The topological polar surface area (TPSA) is 66.2 Å². The zero-order valence-corrected chi connectivity index (χ0v) is 12.9. The van der Waals surface area contributed by atoms with Crippen LogP contribution < -0.4 is 0 Å². The lowest BCUT2D eigenvalue weighted by atomic mass is 10.1. The molecule has 116 valence electrons. The summed E-state index contributed by atoms with van der Waals surface area (Å²) < 4.78 is 0. The fraction of sp³-hybridized carbons (Fsp3) is 0.158. The second-order valence-corrected chi connectivity index (χ2v) is 5.39. The van der Waals surface area contributed by atoms with Gasteiger partial charge in [-0.25, -0.2) is 4.98 Å². The van der Waals surface area contributed by atoms with Gasteiger partial charge in [0, 0.05) is 11.1 Å². The summed E-state index contributed by atoms with van der Waals surface area (Å²) in [6.45, 7) is 2.11. The molecular formula is C19H18N2O2. The summed E-state index contributed by atoms with van der Waals surface area (Å²) >= 11 is 0. The number of phenols is 2. The first-order valence-corrected chi connectivity index (χ1v) is 7.62. The highest BCUT2D eigenvalue weighted by Gasteiger charge is 2.11. The third-order valence-electron chi connectivity index (χ3n) is 3.64. The largest absolute Gasteiger partial charge is 0.508 e. The maximum absolute atomic E-state index is 9.43. The van der Waals surface area contributed by atoms with E-state index in [2.05, 4.69) is 11.9 Å². The van der Waals surface area contributed by atoms with Crippen LogP contribution in [0.3, 0.4) is 0 Å². The van der Waals surface area contributed by atoms with Crippen molar-refractivity contribution in [3.8, 4) is 34.0 Å². The molecule has 1 aromatic heterocycles. The molecule has 23 heavy (non-hydrogen) atoms. The van der Waals surface area contributed by atoms with E-state index in [0.29, 0.717) is 0 Å². The number of rotatable bonds is 4. The van der Waals surface area contributed by atoms with Crippen LogP contribution in [-0.2, 0) is 6.42 Å². The Hall–Kier alpha value is -2.88. The van der Waals surface area contributed by atoms with Crippen LogP contribution in [-0.4, -0.2) is 20.2 Å². The van der Waals surface area contributed by atoms with E-state index in [1.165, 1.54) is 0 Å². The zero-order chi connectivity index (χ0) is 16.2. The SMILES string of the molecule is CCCc1nc(-c2ccc(O)cc2)cnc1-c1ccc(O)cc1. The highest BCUT2D eigenvalue weighted by molar-refractivity contribution is 5.66. The number of aromatic nitrogens is 2. The van der Waals surface area contributed by atoms with Gasteiger partial charge in [0.05, 0.1) is 23.3 Å². The number of benzene rings is 2. The van der Waals surface area contributed by atoms with E-state index in [0.717, 1.165) is 41.1 Å². The molecule has 3 rings (SSSR count). The molecule has 0 aliphatic carbocycles. The Morgan fingerprint density at radius 1 is 0.826 bits per heavy atom. The predicted octanol–water partition coefficient (Wildman–Crippen LogP) is 4.17. The molecule has 0 bridgehead atoms. The quantitative estimate of drug-likeness (QED) is 0.759. The molecule has 0 saturated heterocycles. The van der Waals surface area contributed by atoms with Crippen molar-refractivity contribution in [3.05, 3.63) is 60.4 Å². The number of aryl methyl sites for hydroxylation is 1. The second kappa shape index (κ2) is 6.48. The van der Waals surface area contributed by atoms with Crippen molar-refractivity contribution in [2.24, 2.45) is 0 Å². The molecule has 2 aromatic carbocycles. The van der Waals surface area contributed by atoms with E-state index in [1.807, 2.05) is 24.3 Å². The molecule has 0 radical (unpaired) electrons. The smallest absolute Gasteiger partial charge is 0.115 e. The number of hydrogen-bond acceptors (Lipinski definition) is 4. The molecule has 1 heterocycles. The Balaban J connectivity index is 2.04. The van der Waals surface area contributed by atoms with Crippen LogP contribution in [0.2, 0.25) is 0 Å². The van der Waals surface area contributed by atoms with Gasteiger partial charge >= 0.3 is 0 Å². The number of nitrogens with zero attached hydrogens (tertiary/aromatic N) is 2. The van der Waals surface area contributed by atoms with Gasteiger partial charge in [-0.3, -0.25) is 4.98 Å². The van der Waals surface area contributed by atoms with E-state index in [1.54, 1.807) is 30.5 Å². The molecule has 0 aliphatic heterocycles. The monoisotopic (exact) mass is 306 g/mol. The summed E-state index contributed by atoms with van der Waals surface area (Å²) in [6.07, 6.45) is 3.54. The van der Waals surface area contributed by atoms with E-state index in [-0.39, 0.29) is 11.5 Å². The van der Waals surface area contributed by atoms with Crippen molar-refractivity contribution < 1.29 is 10.2 Å². The normalized spacial score (nSPS) is 10.7. The summed E-state index contributed by atoms with van der Waals surface area (Å²) in [5, 5.41) is 18.8. The lowest BCUT2D eigenvalue weighted by Gasteiger charge is -2.10. The highest BCUT2D eigenvalue weighted by Crippen LogP contribution is 2.26.